The monoisotopic (exact) mass is 488 g/mol. The number of ether oxygens (including phenoxy) is 1. The van der Waals surface area contributed by atoms with Gasteiger partial charge >= 0.3 is 5.97 Å². The summed E-state index contributed by atoms with van der Waals surface area (Å²) in [7, 11) is 0. The minimum Gasteiger partial charge on any atom is -0.449 e. The summed E-state index contributed by atoms with van der Waals surface area (Å²) in [6.45, 7) is 2.07. The molecule has 0 saturated heterocycles. The third-order valence-corrected chi connectivity index (χ3v) is 6.54. The Balaban J connectivity index is 1.34. The molecule has 0 bridgehead atoms. The molecule has 2 aliphatic heterocycles. The first-order valence-corrected chi connectivity index (χ1v) is 11.6. The van der Waals surface area contributed by atoms with Gasteiger partial charge in [-0.3, -0.25) is 14.4 Å². The zero-order valence-electron chi connectivity index (χ0n) is 18.9. The van der Waals surface area contributed by atoms with E-state index in [0.717, 1.165) is 29.0 Å². The van der Waals surface area contributed by atoms with Gasteiger partial charge in [0.2, 0.25) is 0 Å². The number of hydrogen-bond donors (Lipinski definition) is 0. The van der Waals surface area contributed by atoms with Crippen LogP contribution in [0, 0.1) is 0 Å². The second-order valence-corrected chi connectivity index (χ2v) is 8.83. The number of nitrogens with zero attached hydrogens (tertiary/aromatic N) is 2. The Bertz CT molecular complexity index is 1390. The van der Waals surface area contributed by atoms with Crippen molar-refractivity contribution in [2.24, 2.45) is 0 Å². The molecule has 0 aliphatic carbocycles. The van der Waals surface area contributed by atoms with Crippen molar-refractivity contribution in [3.05, 3.63) is 94.0 Å². The summed E-state index contributed by atoms with van der Waals surface area (Å²) in [4.78, 5) is 54.4. The second-order valence-electron chi connectivity index (χ2n) is 8.43. The molecule has 0 aromatic heterocycles. The van der Waals surface area contributed by atoms with Crippen LogP contribution in [0.2, 0.25) is 5.02 Å². The van der Waals surface area contributed by atoms with Crippen LogP contribution in [0.1, 0.15) is 50.0 Å². The number of halogens is 1. The lowest BCUT2D eigenvalue weighted by molar-refractivity contribution is -0.126. The van der Waals surface area contributed by atoms with Crippen LogP contribution in [0.4, 0.5) is 11.4 Å². The number of benzene rings is 3. The Labute approximate surface area is 206 Å². The SMILES string of the molecule is CC(OC(=O)c1ccc2c(c1)C(=O)N(c1ccccc1Cl)C2=O)C(=O)N1CCCc2ccccc21. The molecule has 0 fully saturated rings. The van der Waals surface area contributed by atoms with Gasteiger partial charge in [0.1, 0.15) is 0 Å². The summed E-state index contributed by atoms with van der Waals surface area (Å²) in [5, 5.41) is 0.258. The Morgan fingerprint density at radius 3 is 2.37 bits per heavy atom. The molecule has 2 aliphatic rings. The zero-order valence-corrected chi connectivity index (χ0v) is 19.6. The highest BCUT2D eigenvalue weighted by molar-refractivity contribution is 6.39. The van der Waals surface area contributed by atoms with Crippen molar-refractivity contribution in [2.75, 3.05) is 16.3 Å². The smallest absolute Gasteiger partial charge is 0.338 e. The lowest BCUT2D eigenvalue weighted by atomic mass is 10.0. The standard InChI is InChI=1S/C27H21ClN2O5/c1-16(24(31)29-14-6-8-17-7-2-4-10-22(17)29)35-27(34)18-12-13-19-20(15-18)26(33)30(25(19)32)23-11-5-3-9-21(23)28/h2-5,7,9-13,15-16H,6,8,14H2,1H3. The lowest BCUT2D eigenvalue weighted by Crippen LogP contribution is -2.42. The predicted molar refractivity (Wildman–Crippen MR) is 131 cm³/mol. The van der Waals surface area contributed by atoms with Crippen molar-refractivity contribution in [3.63, 3.8) is 0 Å². The van der Waals surface area contributed by atoms with Gasteiger partial charge in [-0.15, -0.1) is 0 Å². The average molecular weight is 489 g/mol. The number of rotatable bonds is 4. The predicted octanol–water partition coefficient (Wildman–Crippen LogP) is 4.67. The number of carbonyl (C=O) groups excluding carboxylic acids is 4. The largest absolute Gasteiger partial charge is 0.449 e. The molecule has 3 aromatic carbocycles. The molecule has 3 amide bonds. The molecule has 8 heteroatoms. The highest BCUT2D eigenvalue weighted by Gasteiger charge is 2.38. The Hall–Kier alpha value is -3.97. The number of carbonyl (C=O) groups is 4. The van der Waals surface area contributed by atoms with Gasteiger partial charge in [-0.05, 0) is 61.7 Å². The normalized spacial score (nSPS) is 15.5. The zero-order chi connectivity index (χ0) is 24.7. The van der Waals surface area contributed by atoms with Crippen molar-refractivity contribution in [2.45, 2.75) is 25.9 Å². The molecule has 176 valence electrons. The molecular weight excluding hydrogens is 468 g/mol. The van der Waals surface area contributed by atoms with Gasteiger partial charge in [0, 0.05) is 12.2 Å². The Morgan fingerprint density at radius 2 is 1.60 bits per heavy atom. The maximum absolute atomic E-state index is 13.1. The van der Waals surface area contributed by atoms with E-state index in [1.54, 1.807) is 29.2 Å². The van der Waals surface area contributed by atoms with Gasteiger partial charge in [-0.25, -0.2) is 9.69 Å². The quantitative estimate of drug-likeness (QED) is 0.394. The van der Waals surface area contributed by atoms with Crippen molar-refractivity contribution < 1.29 is 23.9 Å². The van der Waals surface area contributed by atoms with E-state index in [-0.39, 0.29) is 33.3 Å². The third kappa shape index (κ3) is 3.98. The first-order chi connectivity index (χ1) is 16.9. The fourth-order valence-corrected chi connectivity index (χ4v) is 4.70. The number of fused-ring (bicyclic) bond motifs is 2. The highest BCUT2D eigenvalue weighted by atomic mass is 35.5. The van der Waals surface area contributed by atoms with Crippen molar-refractivity contribution >= 4 is 46.7 Å². The Morgan fingerprint density at radius 1 is 0.914 bits per heavy atom. The molecule has 3 aromatic rings. The van der Waals surface area contributed by atoms with Gasteiger partial charge in [0.15, 0.2) is 6.10 Å². The van der Waals surface area contributed by atoms with Crippen molar-refractivity contribution in [1.82, 2.24) is 0 Å². The highest BCUT2D eigenvalue weighted by Crippen LogP contribution is 2.33. The van der Waals surface area contributed by atoms with E-state index in [1.807, 2.05) is 24.3 Å². The Kier molecular flexibility index (Phi) is 5.86. The topological polar surface area (TPSA) is 84.0 Å². The minimum absolute atomic E-state index is 0.0737. The molecule has 1 unspecified atom stereocenters. The molecule has 35 heavy (non-hydrogen) atoms. The van der Waals surface area contributed by atoms with E-state index in [4.69, 9.17) is 16.3 Å². The molecular formula is C27H21ClN2O5. The average Bonchev–Trinajstić information content (AvgIpc) is 3.12. The van der Waals surface area contributed by atoms with Crippen molar-refractivity contribution in [1.29, 1.82) is 0 Å². The first kappa shape index (κ1) is 22.8. The van der Waals surface area contributed by atoms with E-state index < -0.39 is 23.9 Å². The summed E-state index contributed by atoms with van der Waals surface area (Å²) < 4.78 is 5.46. The van der Waals surface area contributed by atoms with Crippen LogP contribution in [-0.4, -0.2) is 36.3 Å². The van der Waals surface area contributed by atoms with Crippen LogP contribution in [-0.2, 0) is 16.0 Å². The molecule has 0 spiro atoms. The summed E-state index contributed by atoms with van der Waals surface area (Å²) in [5.74, 6) is -2.18. The molecule has 0 saturated carbocycles. The van der Waals surface area contributed by atoms with Gasteiger partial charge < -0.3 is 9.64 Å². The fraction of sp³-hybridized carbons (Fsp3) is 0.185. The molecule has 7 nitrogen and oxygen atoms in total. The van der Waals surface area contributed by atoms with E-state index in [2.05, 4.69) is 0 Å². The van der Waals surface area contributed by atoms with Crippen LogP contribution < -0.4 is 9.80 Å². The number of anilines is 2. The number of imide groups is 1. The lowest BCUT2D eigenvalue weighted by Gasteiger charge is -2.31. The second kappa shape index (κ2) is 9.00. The molecule has 5 rings (SSSR count). The third-order valence-electron chi connectivity index (χ3n) is 6.22. The number of aryl methyl sites for hydroxylation is 1. The molecule has 2 heterocycles. The van der Waals surface area contributed by atoms with Crippen LogP contribution in [0.25, 0.3) is 0 Å². The number of para-hydroxylation sites is 2. The van der Waals surface area contributed by atoms with Crippen LogP contribution >= 0.6 is 11.6 Å². The van der Waals surface area contributed by atoms with Crippen LogP contribution in [0.15, 0.2) is 66.7 Å². The molecule has 0 radical (unpaired) electrons. The maximum Gasteiger partial charge on any atom is 0.338 e. The van der Waals surface area contributed by atoms with E-state index in [1.165, 1.54) is 25.1 Å². The summed E-state index contributed by atoms with van der Waals surface area (Å²) >= 11 is 6.19. The van der Waals surface area contributed by atoms with E-state index in [9.17, 15) is 19.2 Å². The number of hydrogen-bond acceptors (Lipinski definition) is 5. The molecule has 1 atom stereocenters. The first-order valence-electron chi connectivity index (χ1n) is 11.2. The summed E-state index contributed by atoms with van der Waals surface area (Å²) in [6.07, 6.45) is 0.687. The van der Waals surface area contributed by atoms with Gasteiger partial charge in [-0.1, -0.05) is 41.9 Å². The maximum atomic E-state index is 13.1. The number of amides is 3. The van der Waals surface area contributed by atoms with Gasteiger partial charge in [-0.2, -0.15) is 0 Å². The summed E-state index contributed by atoms with van der Waals surface area (Å²) in [5.41, 5.74) is 2.49. The van der Waals surface area contributed by atoms with E-state index >= 15 is 0 Å². The minimum atomic E-state index is -1.03. The van der Waals surface area contributed by atoms with E-state index in [0.29, 0.717) is 6.54 Å². The van der Waals surface area contributed by atoms with Crippen LogP contribution in [0.5, 0.6) is 0 Å². The van der Waals surface area contributed by atoms with Crippen molar-refractivity contribution in [3.8, 4) is 0 Å². The number of esters is 1. The van der Waals surface area contributed by atoms with Gasteiger partial charge in [0.05, 0.1) is 27.4 Å². The molecule has 0 N–H and O–H groups in total. The van der Waals surface area contributed by atoms with Crippen LogP contribution in [0.3, 0.4) is 0 Å². The summed E-state index contributed by atoms with van der Waals surface area (Å²) in [6, 6.07) is 18.4. The fourth-order valence-electron chi connectivity index (χ4n) is 4.48. The van der Waals surface area contributed by atoms with Gasteiger partial charge in [0.25, 0.3) is 17.7 Å².